The summed E-state index contributed by atoms with van der Waals surface area (Å²) >= 11 is 0. The molecule has 0 amide bonds. The van der Waals surface area contributed by atoms with Crippen LogP contribution >= 0.6 is 0 Å². The van der Waals surface area contributed by atoms with Crippen LogP contribution in [0.2, 0.25) is 0 Å². The molecule has 1 heterocycles. The zero-order chi connectivity index (χ0) is 15.4. The van der Waals surface area contributed by atoms with Gasteiger partial charge in [-0.25, -0.2) is 0 Å². The maximum absolute atomic E-state index is 5.79. The van der Waals surface area contributed by atoms with E-state index in [4.69, 9.17) is 4.74 Å². The van der Waals surface area contributed by atoms with E-state index in [9.17, 15) is 0 Å². The van der Waals surface area contributed by atoms with Gasteiger partial charge in [0, 0.05) is 19.6 Å². The molecule has 2 aromatic rings. The minimum absolute atomic E-state index is 0.758. The van der Waals surface area contributed by atoms with Crippen molar-refractivity contribution in [2.24, 2.45) is 0 Å². The van der Waals surface area contributed by atoms with Gasteiger partial charge in [-0.05, 0) is 55.7 Å². The lowest BCUT2D eigenvalue weighted by Crippen LogP contribution is -2.35. The summed E-state index contributed by atoms with van der Waals surface area (Å²) in [6.45, 7) is 8.21. The highest BCUT2D eigenvalue weighted by molar-refractivity contribution is 5.74. The van der Waals surface area contributed by atoms with Gasteiger partial charge in [-0.1, -0.05) is 18.2 Å². The van der Waals surface area contributed by atoms with Crippen molar-refractivity contribution in [2.75, 3.05) is 36.5 Å². The van der Waals surface area contributed by atoms with Gasteiger partial charge in [0.05, 0.1) is 18.0 Å². The number of para-hydroxylation sites is 1. The summed E-state index contributed by atoms with van der Waals surface area (Å²) in [7, 11) is 0. The first-order valence-corrected chi connectivity index (χ1v) is 8.02. The van der Waals surface area contributed by atoms with Gasteiger partial charge in [0.15, 0.2) is 0 Å². The summed E-state index contributed by atoms with van der Waals surface area (Å²) < 4.78 is 5.79. The van der Waals surface area contributed by atoms with Gasteiger partial charge in [0.1, 0.15) is 5.75 Å². The third-order valence-corrected chi connectivity index (χ3v) is 4.23. The maximum Gasteiger partial charge on any atom is 0.119 e. The molecule has 1 aliphatic heterocycles. The van der Waals surface area contributed by atoms with Crippen molar-refractivity contribution >= 4 is 11.4 Å². The van der Waals surface area contributed by atoms with Gasteiger partial charge in [0.2, 0.25) is 0 Å². The van der Waals surface area contributed by atoms with Crippen molar-refractivity contribution in [2.45, 2.75) is 20.3 Å². The summed E-state index contributed by atoms with van der Waals surface area (Å²) in [4.78, 5) is 2.46. The quantitative estimate of drug-likeness (QED) is 0.844. The number of fused-ring (bicyclic) bond motifs is 1. The summed E-state index contributed by atoms with van der Waals surface area (Å²) in [5.41, 5.74) is 5.29. The zero-order valence-electron chi connectivity index (χ0n) is 13.4. The van der Waals surface area contributed by atoms with Crippen molar-refractivity contribution in [3.8, 4) is 5.75 Å². The number of nitrogens with zero attached hydrogens (tertiary/aromatic N) is 1. The molecular weight excluding hydrogens is 272 g/mol. The molecule has 0 atom stereocenters. The Bertz CT molecular complexity index is 625. The molecule has 1 N–H and O–H groups in total. The van der Waals surface area contributed by atoms with Crippen LogP contribution in [0.3, 0.4) is 0 Å². The molecule has 0 saturated heterocycles. The van der Waals surface area contributed by atoms with E-state index in [1.807, 2.05) is 30.3 Å². The molecule has 3 heteroatoms. The summed E-state index contributed by atoms with van der Waals surface area (Å²) in [6.07, 6.45) is 1.03. The predicted molar refractivity (Wildman–Crippen MR) is 93.2 cm³/mol. The van der Waals surface area contributed by atoms with Crippen molar-refractivity contribution < 1.29 is 4.74 Å². The van der Waals surface area contributed by atoms with Crippen LogP contribution in [-0.4, -0.2) is 26.2 Å². The van der Waals surface area contributed by atoms with Crippen LogP contribution in [0.5, 0.6) is 5.75 Å². The Hall–Kier alpha value is -2.16. The van der Waals surface area contributed by atoms with Crippen LogP contribution in [0, 0.1) is 13.8 Å². The van der Waals surface area contributed by atoms with E-state index >= 15 is 0 Å². The van der Waals surface area contributed by atoms with E-state index < -0.39 is 0 Å². The molecule has 0 aliphatic carbocycles. The molecule has 1 aliphatic rings. The van der Waals surface area contributed by atoms with Gasteiger partial charge in [0.25, 0.3) is 0 Å². The van der Waals surface area contributed by atoms with Crippen LogP contribution in [0.4, 0.5) is 11.4 Å². The number of anilines is 2. The van der Waals surface area contributed by atoms with E-state index in [1.165, 1.54) is 22.5 Å². The molecule has 0 radical (unpaired) electrons. The van der Waals surface area contributed by atoms with E-state index in [1.54, 1.807) is 0 Å². The number of hydrogen-bond acceptors (Lipinski definition) is 3. The second kappa shape index (κ2) is 6.73. The number of rotatable bonds is 5. The first-order chi connectivity index (χ1) is 10.7. The van der Waals surface area contributed by atoms with E-state index in [0.29, 0.717) is 0 Å². The van der Waals surface area contributed by atoms with Crippen molar-refractivity contribution in [3.63, 3.8) is 0 Å². The van der Waals surface area contributed by atoms with Gasteiger partial charge in [-0.2, -0.15) is 0 Å². The average molecular weight is 296 g/mol. The predicted octanol–water partition coefficient (Wildman–Crippen LogP) is 4.00. The lowest BCUT2D eigenvalue weighted by Gasteiger charge is -2.33. The van der Waals surface area contributed by atoms with Crippen LogP contribution in [-0.2, 0) is 0 Å². The Labute approximate surface area is 132 Å². The standard InChI is InChI=1S/C19H24N2O/c1-15-13-18-19(14-16(15)2)21(11-9-20-18)10-6-12-22-17-7-4-3-5-8-17/h3-5,7-8,13-14,20H,6,9-12H2,1-2H3. The molecule has 22 heavy (non-hydrogen) atoms. The van der Waals surface area contributed by atoms with Crippen molar-refractivity contribution in [1.29, 1.82) is 0 Å². The number of nitrogens with one attached hydrogen (secondary N) is 1. The molecule has 0 bridgehead atoms. The first-order valence-electron chi connectivity index (χ1n) is 8.02. The highest BCUT2D eigenvalue weighted by atomic mass is 16.5. The first kappa shape index (κ1) is 14.8. The zero-order valence-corrected chi connectivity index (χ0v) is 13.4. The number of benzene rings is 2. The van der Waals surface area contributed by atoms with E-state index in [-0.39, 0.29) is 0 Å². The molecule has 0 unspecified atom stereocenters. The van der Waals surface area contributed by atoms with Crippen molar-refractivity contribution in [3.05, 3.63) is 53.6 Å². The van der Waals surface area contributed by atoms with E-state index in [2.05, 4.69) is 36.2 Å². The fraction of sp³-hybridized carbons (Fsp3) is 0.368. The summed E-state index contributed by atoms with van der Waals surface area (Å²) in [5.74, 6) is 0.953. The van der Waals surface area contributed by atoms with Gasteiger partial charge in [-0.15, -0.1) is 0 Å². The van der Waals surface area contributed by atoms with Crippen molar-refractivity contribution in [1.82, 2.24) is 0 Å². The third kappa shape index (κ3) is 3.35. The Kier molecular flexibility index (Phi) is 4.52. The second-order valence-corrected chi connectivity index (χ2v) is 5.88. The summed E-state index contributed by atoms with van der Waals surface area (Å²) in [5, 5.41) is 3.50. The van der Waals surface area contributed by atoms with E-state index in [0.717, 1.165) is 38.4 Å². The fourth-order valence-corrected chi connectivity index (χ4v) is 2.84. The Morgan fingerprint density at radius 1 is 1.09 bits per heavy atom. The highest BCUT2D eigenvalue weighted by Crippen LogP contribution is 2.31. The maximum atomic E-state index is 5.79. The fourth-order valence-electron chi connectivity index (χ4n) is 2.84. The molecule has 0 spiro atoms. The lowest BCUT2D eigenvalue weighted by molar-refractivity contribution is 0.312. The number of aryl methyl sites for hydroxylation is 2. The minimum atomic E-state index is 0.758. The van der Waals surface area contributed by atoms with Crippen LogP contribution < -0.4 is 15.0 Å². The Morgan fingerprint density at radius 3 is 2.68 bits per heavy atom. The Morgan fingerprint density at radius 2 is 1.86 bits per heavy atom. The third-order valence-electron chi connectivity index (χ3n) is 4.23. The van der Waals surface area contributed by atoms with Crippen LogP contribution in [0.1, 0.15) is 17.5 Å². The van der Waals surface area contributed by atoms with Crippen LogP contribution in [0.15, 0.2) is 42.5 Å². The summed E-state index contributed by atoms with van der Waals surface area (Å²) in [6, 6.07) is 14.6. The normalized spacial score (nSPS) is 13.5. The highest BCUT2D eigenvalue weighted by Gasteiger charge is 2.16. The van der Waals surface area contributed by atoms with Gasteiger partial charge < -0.3 is 15.0 Å². The minimum Gasteiger partial charge on any atom is -0.494 e. The molecule has 0 fully saturated rings. The lowest BCUT2D eigenvalue weighted by atomic mass is 10.1. The molecule has 3 rings (SSSR count). The molecule has 3 nitrogen and oxygen atoms in total. The largest absolute Gasteiger partial charge is 0.494 e. The molecule has 0 saturated carbocycles. The van der Waals surface area contributed by atoms with Crippen LogP contribution in [0.25, 0.3) is 0 Å². The molecule has 2 aromatic carbocycles. The topological polar surface area (TPSA) is 24.5 Å². The monoisotopic (exact) mass is 296 g/mol. The van der Waals surface area contributed by atoms with Gasteiger partial charge in [-0.3, -0.25) is 0 Å². The SMILES string of the molecule is Cc1cc2c(cc1C)N(CCCOc1ccccc1)CCN2. The second-order valence-electron chi connectivity index (χ2n) is 5.88. The number of hydrogen-bond donors (Lipinski definition) is 1. The average Bonchev–Trinajstić information content (AvgIpc) is 2.54. The smallest absolute Gasteiger partial charge is 0.119 e. The molecule has 0 aromatic heterocycles. The number of ether oxygens (including phenoxy) is 1. The molecular formula is C19H24N2O. The molecule has 116 valence electrons. The Balaban J connectivity index is 1.57. The van der Waals surface area contributed by atoms with Gasteiger partial charge >= 0.3 is 0 Å².